The number of nitrogens with zero attached hydrogens (tertiary/aromatic N) is 2. The number of fused-ring (bicyclic) bond motifs is 1. The highest BCUT2D eigenvalue weighted by atomic mass is 31.0. The van der Waals surface area contributed by atoms with E-state index in [0.717, 1.165) is 36.2 Å². The molecule has 0 fully saturated rings. The lowest BCUT2D eigenvalue weighted by Crippen LogP contribution is -2.17. The van der Waals surface area contributed by atoms with Crippen molar-refractivity contribution in [3.8, 4) is 11.1 Å². The Morgan fingerprint density at radius 3 is 2.53 bits per heavy atom. The summed E-state index contributed by atoms with van der Waals surface area (Å²) in [4.78, 5) is 16.9. The number of nitrogens with one attached hydrogen (secondary N) is 1. The summed E-state index contributed by atoms with van der Waals surface area (Å²) < 4.78 is 2.24. The van der Waals surface area contributed by atoms with E-state index in [9.17, 15) is 4.79 Å². The summed E-state index contributed by atoms with van der Waals surface area (Å²) in [6, 6.07) is 22.8. The summed E-state index contributed by atoms with van der Waals surface area (Å²) in [6.07, 6.45) is 1.93. The normalized spacial score (nSPS) is 11.0. The molecule has 1 heterocycles. The van der Waals surface area contributed by atoms with Crippen LogP contribution in [0.2, 0.25) is 0 Å². The fraction of sp³-hybridized carbons (Fsp3) is 0.200. The average Bonchev–Trinajstić information content (AvgIpc) is 3.11. The number of aromatic nitrogens is 2. The van der Waals surface area contributed by atoms with Crippen LogP contribution >= 0.6 is 9.24 Å². The molecule has 1 unspecified atom stereocenters. The molecule has 5 heteroatoms. The maximum Gasteiger partial charge on any atom is 0.251 e. The van der Waals surface area contributed by atoms with Gasteiger partial charge in [0.1, 0.15) is 5.82 Å². The average molecular weight is 415 g/mol. The minimum atomic E-state index is -0.0813. The van der Waals surface area contributed by atoms with E-state index in [1.165, 1.54) is 22.0 Å². The van der Waals surface area contributed by atoms with E-state index in [4.69, 9.17) is 4.98 Å². The van der Waals surface area contributed by atoms with Gasteiger partial charge in [0.15, 0.2) is 0 Å². The fourth-order valence-electron chi connectivity index (χ4n) is 3.78. The van der Waals surface area contributed by atoms with Crippen molar-refractivity contribution in [1.82, 2.24) is 14.9 Å². The molecule has 4 nitrogen and oxygen atoms in total. The standard InChI is InChI=1S/C25H26N3OP/c1-3-6-24-27-21-14-13-19(25(29)26-2)15-22(21)28(24)16-17-9-11-18(12-10-17)20-7-4-5-8-23(20)30/h4-5,7-15H,3,6,16,30H2,1-2H3,(H,26,29). The number of hydrogen-bond acceptors (Lipinski definition) is 2. The molecule has 0 spiro atoms. The lowest BCUT2D eigenvalue weighted by molar-refractivity contribution is 0.0963. The molecule has 1 amide bonds. The van der Waals surface area contributed by atoms with Gasteiger partial charge in [-0.25, -0.2) is 4.98 Å². The van der Waals surface area contributed by atoms with Crippen molar-refractivity contribution < 1.29 is 4.79 Å². The topological polar surface area (TPSA) is 46.9 Å². The number of amides is 1. The first-order chi connectivity index (χ1) is 14.6. The van der Waals surface area contributed by atoms with Gasteiger partial charge in [-0.15, -0.1) is 9.24 Å². The van der Waals surface area contributed by atoms with E-state index in [0.29, 0.717) is 5.56 Å². The number of aryl methyl sites for hydroxylation is 1. The van der Waals surface area contributed by atoms with Gasteiger partial charge in [0.25, 0.3) is 5.91 Å². The van der Waals surface area contributed by atoms with Crippen LogP contribution in [0.5, 0.6) is 0 Å². The third kappa shape index (κ3) is 4.01. The maximum absolute atomic E-state index is 12.1. The van der Waals surface area contributed by atoms with Crippen molar-refractivity contribution in [2.45, 2.75) is 26.3 Å². The molecule has 0 saturated carbocycles. The Hall–Kier alpha value is -2.97. The van der Waals surface area contributed by atoms with Gasteiger partial charge in [-0.1, -0.05) is 55.5 Å². The van der Waals surface area contributed by atoms with Crippen molar-refractivity contribution in [3.63, 3.8) is 0 Å². The molecule has 0 aliphatic rings. The van der Waals surface area contributed by atoms with E-state index in [1.54, 1.807) is 7.05 Å². The minimum absolute atomic E-state index is 0.0813. The molecule has 1 aromatic heterocycles. The monoisotopic (exact) mass is 415 g/mol. The van der Waals surface area contributed by atoms with Crippen molar-refractivity contribution in [2.24, 2.45) is 0 Å². The van der Waals surface area contributed by atoms with Crippen LogP contribution in [-0.2, 0) is 13.0 Å². The molecule has 1 N–H and O–H groups in total. The Kier molecular flexibility index (Phi) is 5.96. The second-order valence-electron chi connectivity index (χ2n) is 7.43. The molecule has 0 radical (unpaired) electrons. The van der Waals surface area contributed by atoms with Crippen LogP contribution in [0.25, 0.3) is 22.2 Å². The molecule has 152 valence electrons. The van der Waals surface area contributed by atoms with Crippen LogP contribution < -0.4 is 10.6 Å². The predicted molar refractivity (Wildman–Crippen MR) is 127 cm³/mol. The van der Waals surface area contributed by atoms with Gasteiger partial charge >= 0.3 is 0 Å². The van der Waals surface area contributed by atoms with Gasteiger partial charge < -0.3 is 9.88 Å². The van der Waals surface area contributed by atoms with Crippen LogP contribution in [0.3, 0.4) is 0 Å². The van der Waals surface area contributed by atoms with Gasteiger partial charge in [0.2, 0.25) is 0 Å². The number of rotatable bonds is 6. The summed E-state index contributed by atoms with van der Waals surface area (Å²) in [7, 11) is 4.46. The van der Waals surface area contributed by atoms with Crippen molar-refractivity contribution in [1.29, 1.82) is 0 Å². The van der Waals surface area contributed by atoms with Crippen molar-refractivity contribution in [2.75, 3.05) is 7.05 Å². The predicted octanol–water partition coefficient (Wildman–Crippen LogP) is 4.56. The molecule has 1 atom stereocenters. The van der Waals surface area contributed by atoms with E-state index in [-0.39, 0.29) is 5.91 Å². The second-order valence-corrected chi connectivity index (χ2v) is 8.05. The van der Waals surface area contributed by atoms with Crippen molar-refractivity contribution in [3.05, 3.63) is 83.7 Å². The SMILES string of the molecule is CCCc1nc2ccc(C(=O)NC)cc2n1Cc1ccc(-c2ccccc2P)cc1. The van der Waals surface area contributed by atoms with E-state index in [2.05, 4.69) is 68.5 Å². The summed E-state index contributed by atoms with van der Waals surface area (Å²) >= 11 is 0. The zero-order chi connectivity index (χ0) is 21.1. The number of imidazole rings is 1. The van der Waals surface area contributed by atoms with E-state index < -0.39 is 0 Å². The summed E-state index contributed by atoms with van der Waals surface area (Å²) in [6.45, 7) is 2.89. The molecule has 4 aromatic rings. The first-order valence-corrected chi connectivity index (χ1v) is 10.8. The quantitative estimate of drug-likeness (QED) is 0.469. The lowest BCUT2D eigenvalue weighted by Gasteiger charge is -2.11. The highest BCUT2D eigenvalue weighted by Crippen LogP contribution is 2.23. The fourth-order valence-corrected chi connectivity index (χ4v) is 4.16. The minimum Gasteiger partial charge on any atom is -0.355 e. The number of benzene rings is 3. The van der Waals surface area contributed by atoms with Crippen molar-refractivity contribution >= 4 is 31.5 Å². The molecule has 3 aromatic carbocycles. The third-order valence-corrected chi connectivity index (χ3v) is 5.86. The van der Waals surface area contributed by atoms with Gasteiger partial charge in [-0.05, 0) is 46.6 Å². The summed E-state index contributed by atoms with van der Waals surface area (Å²) in [5, 5.41) is 3.90. The summed E-state index contributed by atoms with van der Waals surface area (Å²) in [5.74, 6) is 0.975. The number of carbonyl (C=O) groups excluding carboxylic acids is 1. The molecule has 0 saturated heterocycles. The lowest BCUT2D eigenvalue weighted by atomic mass is 10.0. The molecular weight excluding hydrogens is 389 g/mol. The van der Waals surface area contributed by atoms with Gasteiger partial charge in [0.05, 0.1) is 11.0 Å². The second kappa shape index (κ2) is 8.81. The third-order valence-electron chi connectivity index (χ3n) is 5.36. The first kappa shape index (κ1) is 20.3. The molecule has 0 aliphatic carbocycles. The molecule has 0 bridgehead atoms. The number of carbonyl (C=O) groups is 1. The Balaban J connectivity index is 1.70. The van der Waals surface area contributed by atoms with Gasteiger partial charge in [0, 0.05) is 25.6 Å². The molecule has 4 rings (SSSR count). The molecule has 0 aliphatic heterocycles. The zero-order valence-electron chi connectivity index (χ0n) is 17.4. The van der Waals surface area contributed by atoms with Crippen LogP contribution in [0.1, 0.15) is 35.1 Å². The van der Waals surface area contributed by atoms with Crippen LogP contribution in [0, 0.1) is 0 Å². The number of hydrogen-bond donors (Lipinski definition) is 1. The summed E-state index contributed by atoms with van der Waals surface area (Å²) in [5.41, 5.74) is 6.22. The van der Waals surface area contributed by atoms with Crippen LogP contribution in [0.4, 0.5) is 0 Å². The first-order valence-electron chi connectivity index (χ1n) is 10.3. The smallest absolute Gasteiger partial charge is 0.251 e. The van der Waals surface area contributed by atoms with Gasteiger partial charge in [-0.2, -0.15) is 0 Å². The Morgan fingerprint density at radius 2 is 1.83 bits per heavy atom. The van der Waals surface area contributed by atoms with Crippen LogP contribution in [-0.4, -0.2) is 22.5 Å². The Morgan fingerprint density at radius 1 is 1.07 bits per heavy atom. The highest BCUT2D eigenvalue weighted by Gasteiger charge is 2.13. The Labute approximate surface area is 179 Å². The van der Waals surface area contributed by atoms with E-state index in [1.807, 2.05) is 24.3 Å². The Bertz CT molecular complexity index is 1190. The zero-order valence-corrected chi connectivity index (χ0v) is 18.5. The largest absolute Gasteiger partial charge is 0.355 e. The molecular formula is C25H26N3OP. The highest BCUT2D eigenvalue weighted by molar-refractivity contribution is 7.28. The maximum atomic E-state index is 12.1. The van der Waals surface area contributed by atoms with Gasteiger partial charge in [-0.3, -0.25) is 4.79 Å². The molecule has 30 heavy (non-hydrogen) atoms. The van der Waals surface area contributed by atoms with E-state index >= 15 is 0 Å². The van der Waals surface area contributed by atoms with Crippen LogP contribution in [0.15, 0.2) is 66.7 Å².